The molecule has 0 heterocycles. The van der Waals surface area contributed by atoms with E-state index >= 15 is 0 Å². The van der Waals surface area contributed by atoms with E-state index in [1.807, 2.05) is 6.92 Å². The van der Waals surface area contributed by atoms with Crippen LogP contribution >= 0.6 is 0 Å². The lowest BCUT2D eigenvalue weighted by atomic mass is 10.2. The van der Waals surface area contributed by atoms with E-state index in [1.165, 1.54) is 12.3 Å². The summed E-state index contributed by atoms with van der Waals surface area (Å²) in [4.78, 5) is 23.5. The number of amides is 2. The Morgan fingerprint density at radius 3 is 2.58 bits per heavy atom. The SMILES string of the molecule is CCCC(=O)Nc1ccc(C(=O)N/N=C\c2cccc(O)c2)cc1. The van der Waals surface area contributed by atoms with Crippen molar-refractivity contribution in [3.8, 4) is 5.75 Å². The number of anilines is 1. The predicted octanol–water partition coefficient (Wildman–Crippen LogP) is 2.89. The number of benzene rings is 2. The highest BCUT2D eigenvalue weighted by Gasteiger charge is 2.05. The quantitative estimate of drug-likeness (QED) is 0.563. The monoisotopic (exact) mass is 325 g/mol. The van der Waals surface area contributed by atoms with E-state index in [4.69, 9.17) is 0 Å². The maximum absolute atomic E-state index is 12.0. The molecule has 124 valence electrons. The van der Waals surface area contributed by atoms with Gasteiger partial charge in [0, 0.05) is 17.7 Å². The van der Waals surface area contributed by atoms with E-state index in [0.29, 0.717) is 23.2 Å². The zero-order valence-corrected chi connectivity index (χ0v) is 13.3. The molecule has 0 bridgehead atoms. The molecule has 6 heteroatoms. The Kier molecular flexibility index (Phi) is 6.08. The van der Waals surface area contributed by atoms with Gasteiger partial charge in [-0.15, -0.1) is 0 Å². The number of aromatic hydroxyl groups is 1. The van der Waals surface area contributed by atoms with Crippen molar-refractivity contribution in [2.75, 3.05) is 5.32 Å². The lowest BCUT2D eigenvalue weighted by molar-refractivity contribution is -0.116. The van der Waals surface area contributed by atoms with Gasteiger partial charge in [0.1, 0.15) is 5.75 Å². The van der Waals surface area contributed by atoms with Crippen LogP contribution in [0.4, 0.5) is 5.69 Å². The zero-order chi connectivity index (χ0) is 17.4. The third kappa shape index (κ3) is 5.24. The molecule has 3 N–H and O–H groups in total. The number of nitrogens with zero attached hydrogens (tertiary/aromatic N) is 1. The molecule has 6 nitrogen and oxygen atoms in total. The second-order valence-corrected chi connectivity index (χ2v) is 5.17. The molecule has 24 heavy (non-hydrogen) atoms. The fourth-order valence-electron chi connectivity index (χ4n) is 1.99. The number of phenolic OH excluding ortho intramolecular Hbond substituents is 1. The van der Waals surface area contributed by atoms with Crippen molar-refractivity contribution in [3.05, 3.63) is 59.7 Å². The molecule has 0 radical (unpaired) electrons. The summed E-state index contributed by atoms with van der Waals surface area (Å²) in [5.74, 6) is -0.283. The first kappa shape index (κ1) is 17.2. The van der Waals surface area contributed by atoms with Gasteiger partial charge in [-0.3, -0.25) is 9.59 Å². The van der Waals surface area contributed by atoms with Crippen LogP contribution in [0, 0.1) is 0 Å². The molecule has 0 saturated carbocycles. The number of hydrogen-bond acceptors (Lipinski definition) is 4. The van der Waals surface area contributed by atoms with E-state index in [2.05, 4.69) is 15.8 Å². The number of nitrogens with one attached hydrogen (secondary N) is 2. The smallest absolute Gasteiger partial charge is 0.271 e. The van der Waals surface area contributed by atoms with Gasteiger partial charge in [0.15, 0.2) is 0 Å². The lowest BCUT2D eigenvalue weighted by Crippen LogP contribution is -2.17. The minimum atomic E-state index is -0.363. The van der Waals surface area contributed by atoms with Gasteiger partial charge in [0.2, 0.25) is 5.91 Å². The number of carbonyl (C=O) groups excluding carboxylic acids is 2. The Morgan fingerprint density at radius 2 is 1.92 bits per heavy atom. The van der Waals surface area contributed by atoms with Crippen LogP contribution in [-0.4, -0.2) is 23.1 Å². The molecule has 2 rings (SSSR count). The molecule has 0 aliphatic carbocycles. The maximum atomic E-state index is 12.0. The van der Waals surface area contributed by atoms with Crippen LogP contribution in [-0.2, 0) is 4.79 Å². The number of phenols is 1. The molecule has 0 fully saturated rings. The molecule has 0 spiro atoms. The molecular weight excluding hydrogens is 306 g/mol. The minimum absolute atomic E-state index is 0.0505. The van der Waals surface area contributed by atoms with Crippen LogP contribution in [0.15, 0.2) is 53.6 Å². The third-order valence-electron chi connectivity index (χ3n) is 3.16. The molecule has 0 aliphatic heterocycles. The topological polar surface area (TPSA) is 90.8 Å². The maximum Gasteiger partial charge on any atom is 0.271 e. The fourth-order valence-corrected chi connectivity index (χ4v) is 1.99. The molecule has 2 aromatic carbocycles. The van der Waals surface area contributed by atoms with Gasteiger partial charge in [0.25, 0.3) is 5.91 Å². The molecule has 2 amide bonds. The van der Waals surface area contributed by atoms with E-state index < -0.39 is 0 Å². The van der Waals surface area contributed by atoms with Crippen molar-refractivity contribution in [1.82, 2.24) is 5.43 Å². The Hall–Kier alpha value is -3.15. The largest absolute Gasteiger partial charge is 0.508 e. The Balaban J connectivity index is 1.91. The zero-order valence-electron chi connectivity index (χ0n) is 13.3. The Morgan fingerprint density at radius 1 is 1.17 bits per heavy atom. The summed E-state index contributed by atoms with van der Waals surface area (Å²) in [5.41, 5.74) is 4.15. The van der Waals surface area contributed by atoms with Crippen LogP contribution in [0.25, 0.3) is 0 Å². The van der Waals surface area contributed by atoms with Gasteiger partial charge >= 0.3 is 0 Å². The number of carbonyl (C=O) groups is 2. The molecule has 0 saturated heterocycles. The van der Waals surface area contributed by atoms with Crippen LogP contribution in [0.1, 0.15) is 35.7 Å². The van der Waals surface area contributed by atoms with Crippen molar-refractivity contribution in [1.29, 1.82) is 0 Å². The minimum Gasteiger partial charge on any atom is -0.508 e. The van der Waals surface area contributed by atoms with Crippen LogP contribution in [0.3, 0.4) is 0 Å². The fraction of sp³-hybridized carbons (Fsp3) is 0.167. The van der Waals surface area contributed by atoms with E-state index in [1.54, 1.807) is 42.5 Å². The second kappa shape index (κ2) is 8.47. The van der Waals surface area contributed by atoms with Crippen molar-refractivity contribution in [2.24, 2.45) is 5.10 Å². The molecular formula is C18H19N3O3. The van der Waals surface area contributed by atoms with Gasteiger partial charge in [-0.2, -0.15) is 5.10 Å². The average Bonchev–Trinajstić information content (AvgIpc) is 2.55. The first-order valence-electron chi connectivity index (χ1n) is 7.61. The summed E-state index contributed by atoms with van der Waals surface area (Å²) in [6.45, 7) is 1.93. The van der Waals surface area contributed by atoms with Crippen molar-refractivity contribution < 1.29 is 14.7 Å². The summed E-state index contributed by atoms with van der Waals surface area (Å²) in [7, 11) is 0. The summed E-state index contributed by atoms with van der Waals surface area (Å²) in [6, 6.07) is 13.1. The standard InChI is InChI=1S/C18H19N3O3/c1-2-4-17(23)20-15-9-7-14(8-10-15)18(24)21-19-12-13-5-3-6-16(22)11-13/h3,5-12,22H,2,4H2,1H3,(H,20,23)(H,21,24)/b19-12-. The van der Waals surface area contributed by atoms with Gasteiger partial charge < -0.3 is 10.4 Å². The highest BCUT2D eigenvalue weighted by molar-refractivity contribution is 5.96. The van der Waals surface area contributed by atoms with Gasteiger partial charge in [-0.25, -0.2) is 5.43 Å². The van der Waals surface area contributed by atoms with Crippen molar-refractivity contribution in [2.45, 2.75) is 19.8 Å². The van der Waals surface area contributed by atoms with Gasteiger partial charge in [-0.05, 0) is 48.4 Å². The molecule has 0 aromatic heterocycles. The highest BCUT2D eigenvalue weighted by atomic mass is 16.3. The number of rotatable bonds is 6. The summed E-state index contributed by atoms with van der Waals surface area (Å²) in [6.07, 6.45) is 2.69. The molecule has 0 unspecified atom stereocenters. The van der Waals surface area contributed by atoms with E-state index in [-0.39, 0.29) is 17.6 Å². The normalized spacial score (nSPS) is 10.5. The Bertz CT molecular complexity index is 739. The van der Waals surface area contributed by atoms with Crippen LogP contribution < -0.4 is 10.7 Å². The third-order valence-corrected chi connectivity index (χ3v) is 3.16. The van der Waals surface area contributed by atoms with E-state index in [9.17, 15) is 14.7 Å². The van der Waals surface area contributed by atoms with Crippen molar-refractivity contribution >= 4 is 23.7 Å². The Labute approximate surface area is 140 Å². The first-order chi connectivity index (χ1) is 11.6. The molecule has 0 atom stereocenters. The first-order valence-corrected chi connectivity index (χ1v) is 7.61. The lowest BCUT2D eigenvalue weighted by Gasteiger charge is -2.05. The highest BCUT2D eigenvalue weighted by Crippen LogP contribution is 2.11. The number of hydrogen-bond donors (Lipinski definition) is 3. The van der Waals surface area contributed by atoms with Gasteiger partial charge in [-0.1, -0.05) is 19.1 Å². The predicted molar refractivity (Wildman–Crippen MR) is 93.1 cm³/mol. The molecule has 0 aliphatic rings. The van der Waals surface area contributed by atoms with Crippen LogP contribution in [0.5, 0.6) is 5.75 Å². The average molecular weight is 325 g/mol. The summed E-state index contributed by atoms with van der Waals surface area (Å²) in [5, 5.41) is 15.9. The van der Waals surface area contributed by atoms with Crippen molar-refractivity contribution in [3.63, 3.8) is 0 Å². The number of hydrazone groups is 1. The second-order valence-electron chi connectivity index (χ2n) is 5.17. The summed E-state index contributed by atoms with van der Waals surface area (Å²) < 4.78 is 0. The van der Waals surface area contributed by atoms with E-state index in [0.717, 1.165) is 6.42 Å². The summed E-state index contributed by atoms with van der Waals surface area (Å²) >= 11 is 0. The van der Waals surface area contributed by atoms with Crippen LogP contribution in [0.2, 0.25) is 0 Å². The molecule has 2 aromatic rings. The van der Waals surface area contributed by atoms with Gasteiger partial charge in [0.05, 0.1) is 6.21 Å².